The molecule has 0 N–H and O–H groups in total. The first kappa shape index (κ1) is 25.7. The first-order chi connectivity index (χ1) is 10.7. The summed E-state index contributed by atoms with van der Waals surface area (Å²) in [5, 5.41) is 13.5. The number of hydrogen-bond donors (Lipinski definition) is 0. The molecule has 0 heterocycles. The average Bonchev–Trinajstić information content (AvgIpc) is 2.50. The van der Waals surface area contributed by atoms with Crippen LogP contribution in [0.3, 0.4) is 0 Å². The Kier molecular flexibility index (Phi) is 37.3. The summed E-state index contributed by atoms with van der Waals surface area (Å²) in [7, 11) is 0. The van der Waals surface area contributed by atoms with E-state index in [2.05, 4.69) is 13.8 Å². The SMILES string of the molecule is CCCCCCCCCCCCCCCC.[N-]=C=O.[N-]=C=O. The molecule has 22 heavy (non-hydrogen) atoms. The fourth-order valence-corrected chi connectivity index (χ4v) is 2.27. The number of hydrogen-bond acceptors (Lipinski definition) is 2. The maximum Gasteiger partial charge on any atom is -0.0159 e. The van der Waals surface area contributed by atoms with Crippen LogP contribution in [0, 0.1) is 0 Å². The zero-order valence-corrected chi connectivity index (χ0v) is 14.6. The topological polar surface area (TPSA) is 78.7 Å². The summed E-state index contributed by atoms with van der Waals surface area (Å²) in [4.78, 5) is 16.5. The lowest BCUT2D eigenvalue weighted by Crippen LogP contribution is -1.82. The highest BCUT2D eigenvalue weighted by Crippen LogP contribution is 2.12. The molecule has 0 radical (unpaired) electrons. The van der Waals surface area contributed by atoms with Crippen molar-refractivity contribution in [1.29, 1.82) is 0 Å². The standard InChI is InChI=1S/C16H34.2CNO/c1-3-5-7-9-11-13-15-16-14-12-10-8-6-4-2;2*2-1-3/h3-16H2,1-2H3;;/q;2*-1. The van der Waals surface area contributed by atoms with Gasteiger partial charge in [-0.05, 0) is 12.2 Å². The smallest absolute Gasteiger partial charge is 0.0159 e. The van der Waals surface area contributed by atoms with Crippen molar-refractivity contribution < 1.29 is 9.59 Å². The Bertz CT molecular complexity index is 217. The lowest BCUT2D eigenvalue weighted by molar-refractivity contribution is 0.538. The van der Waals surface area contributed by atoms with E-state index in [-0.39, 0.29) is 0 Å². The van der Waals surface area contributed by atoms with Gasteiger partial charge in [0.15, 0.2) is 0 Å². The summed E-state index contributed by atoms with van der Waals surface area (Å²) < 4.78 is 0. The molecule has 0 saturated heterocycles. The molecule has 0 rings (SSSR count). The molecular weight excluding hydrogens is 276 g/mol. The van der Waals surface area contributed by atoms with E-state index in [9.17, 15) is 0 Å². The molecule has 0 aromatic carbocycles. The number of nitrogens with zero attached hydrogens (tertiary/aromatic N) is 2. The van der Waals surface area contributed by atoms with E-state index in [4.69, 9.17) is 20.4 Å². The second-order valence-corrected chi connectivity index (χ2v) is 5.43. The van der Waals surface area contributed by atoms with Gasteiger partial charge in [-0.2, -0.15) is 0 Å². The Morgan fingerprint density at radius 1 is 0.500 bits per heavy atom. The molecule has 0 aromatic rings. The molecule has 0 aromatic heterocycles. The van der Waals surface area contributed by atoms with E-state index in [1.165, 1.54) is 89.9 Å². The fourth-order valence-electron chi connectivity index (χ4n) is 2.27. The molecule has 0 aliphatic heterocycles. The van der Waals surface area contributed by atoms with Gasteiger partial charge in [0.25, 0.3) is 0 Å². The summed E-state index contributed by atoms with van der Waals surface area (Å²) in [5.41, 5.74) is 0. The van der Waals surface area contributed by atoms with Crippen molar-refractivity contribution in [3.63, 3.8) is 0 Å². The van der Waals surface area contributed by atoms with E-state index < -0.39 is 0 Å². The summed E-state index contributed by atoms with van der Waals surface area (Å²) in [6, 6.07) is 0. The van der Waals surface area contributed by atoms with Gasteiger partial charge >= 0.3 is 0 Å². The Hall–Kier alpha value is -1.24. The molecule has 4 heteroatoms. The highest BCUT2D eigenvalue weighted by Gasteiger charge is 1.92. The van der Waals surface area contributed by atoms with Gasteiger partial charge in [-0.1, -0.05) is 104 Å². The number of carbonyl (C=O) groups excluding carboxylic acids is 2. The first-order valence-electron chi connectivity index (χ1n) is 8.77. The Labute approximate surface area is 137 Å². The number of isocyanates is 2. The third kappa shape index (κ3) is 42.8. The number of unbranched alkanes of at least 4 members (excludes halogenated alkanes) is 13. The van der Waals surface area contributed by atoms with E-state index in [0.29, 0.717) is 12.2 Å². The van der Waals surface area contributed by atoms with Crippen molar-refractivity contribution in [3.8, 4) is 0 Å². The molecule has 130 valence electrons. The van der Waals surface area contributed by atoms with Crippen LogP contribution >= 0.6 is 0 Å². The van der Waals surface area contributed by atoms with Crippen LogP contribution in [0.25, 0.3) is 10.8 Å². The summed E-state index contributed by atoms with van der Waals surface area (Å²) in [6.07, 6.45) is 21.4. The Morgan fingerprint density at radius 2 is 0.636 bits per heavy atom. The van der Waals surface area contributed by atoms with Crippen molar-refractivity contribution in [2.24, 2.45) is 0 Å². The molecule has 4 nitrogen and oxygen atoms in total. The lowest BCUT2D eigenvalue weighted by Gasteiger charge is -2.02. The van der Waals surface area contributed by atoms with Gasteiger partial charge in [0, 0.05) is 0 Å². The first-order valence-corrected chi connectivity index (χ1v) is 8.77. The highest BCUT2D eigenvalue weighted by atomic mass is 16.1. The zero-order chi connectivity index (χ0) is 17.3. The minimum atomic E-state index is 0.500. The number of rotatable bonds is 13. The van der Waals surface area contributed by atoms with Crippen LogP contribution < -0.4 is 0 Å². The lowest BCUT2D eigenvalue weighted by atomic mass is 10.0. The van der Waals surface area contributed by atoms with Crippen LogP contribution in [-0.2, 0) is 9.59 Å². The van der Waals surface area contributed by atoms with Crippen molar-refractivity contribution in [3.05, 3.63) is 10.8 Å². The van der Waals surface area contributed by atoms with Crippen molar-refractivity contribution in [1.82, 2.24) is 0 Å². The van der Waals surface area contributed by atoms with Gasteiger partial charge in [-0.3, -0.25) is 9.59 Å². The van der Waals surface area contributed by atoms with Crippen LogP contribution in [0.15, 0.2) is 0 Å². The van der Waals surface area contributed by atoms with Gasteiger partial charge in [0.2, 0.25) is 0 Å². The second kappa shape index (κ2) is 31.9. The molecule has 0 aliphatic carbocycles. The van der Waals surface area contributed by atoms with E-state index >= 15 is 0 Å². The second-order valence-electron chi connectivity index (χ2n) is 5.43. The predicted octanol–water partition coefficient (Wildman–Crippen LogP) is 6.27. The largest absolute Gasteiger partial charge is 0.724 e. The van der Waals surface area contributed by atoms with Crippen molar-refractivity contribution in [2.45, 2.75) is 104 Å². The quantitative estimate of drug-likeness (QED) is 0.228. The maximum atomic E-state index is 8.24. The van der Waals surface area contributed by atoms with Gasteiger partial charge < -0.3 is 10.8 Å². The van der Waals surface area contributed by atoms with Crippen LogP contribution in [0.5, 0.6) is 0 Å². The molecule has 0 amide bonds. The predicted molar refractivity (Wildman–Crippen MR) is 94.1 cm³/mol. The van der Waals surface area contributed by atoms with Crippen LogP contribution in [0.4, 0.5) is 0 Å². The highest BCUT2D eigenvalue weighted by molar-refractivity contribution is 5.37. The van der Waals surface area contributed by atoms with Crippen LogP contribution in [0.1, 0.15) is 104 Å². The maximum absolute atomic E-state index is 8.24. The monoisotopic (exact) mass is 310 g/mol. The third-order valence-electron chi connectivity index (χ3n) is 3.46. The molecule has 0 bridgehead atoms. The minimum absolute atomic E-state index is 0.500. The third-order valence-corrected chi connectivity index (χ3v) is 3.46. The van der Waals surface area contributed by atoms with Gasteiger partial charge in [0.1, 0.15) is 0 Å². The van der Waals surface area contributed by atoms with Gasteiger partial charge in [-0.25, -0.2) is 0 Å². The van der Waals surface area contributed by atoms with Crippen LogP contribution in [-0.4, -0.2) is 12.2 Å². The van der Waals surface area contributed by atoms with E-state index in [1.54, 1.807) is 0 Å². The molecule has 0 fully saturated rings. The van der Waals surface area contributed by atoms with Crippen molar-refractivity contribution in [2.75, 3.05) is 0 Å². The molecular formula is C18H34N2O2-2. The molecule has 0 unspecified atom stereocenters. The zero-order valence-electron chi connectivity index (χ0n) is 14.6. The fraction of sp³-hybridized carbons (Fsp3) is 0.889. The Balaban J connectivity index is -0.000000515. The molecule has 0 atom stereocenters. The summed E-state index contributed by atoms with van der Waals surface area (Å²) in [6.45, 7) is 4.58. The summed E-state index contributed by atoms with van der Waals surface area (Å²) in [5.74, 6) is 0. The van der Waals surface area contributed by atoms with Crippen LogP contribution in [0.2, 0.25) is 0 Å². The minimum Gasteiger partial charge on any atom is -0.724 e. The molecule has 0 saturated carbocycles. The van der Waals surface area contributed by atoms with E-state index in [0.717, 1.165) is 0 Å². The van der Waals surface area contributed by atoms with Gasteiger partial charge in [-0.15, -0.1) is 0 Å². The van der Waals surface area contributed by atoms with Gasteiger partial charge in [0.05, 0.1) is 0 Å². The molecule has 0 spiro atoms. The Morgan fingerprint density at radius 3 is 0.773 bits per heavy atom. The average molecular weight is 310 g/mol. The summed E-state index contributed by atoms with van der Waals surface area (Å²) >= 11 is 0. The van der Waals surface area contributed by atoms with Crippen molar-refractivity contribution >= 4 is 12.2 Å². The normalized spacial score (nSPS) is 8.64. The molecule has 0 aliphatic rings. The van der Waals surface area contributed by atoms with E-state index in [1.807, 2.05) is 0 Å².